The molecule has 1 aliphatic rings. The molecule has 5 heteroatoms. The number of nitrogens with zero attached hydrogens (tertiary/aromatic N) is 1. The third-order valence-electron chi connectivity index (χ3n) is 3.38. The van der Waals surface area contributed by atoms with Gasteiger partial charge in [-0.1, -0.05) is 0 Å². The van der Waals surface area contributed by atoms with E-state index in [9.17, 15) is 4.79 Å². The average Bonchev–Trinajstić information content (AvgIpc) is 2.40. The number of aryl methyl sites for hydroxylation is 1. The van der Waals surface area contributed by atoms with Gasteiger partial charge in [-0.05, 0) is 31.9 Å². The van der Waals surface area contributed by atoms with Gasteiger partial charge in [-0.3, -0.25) is 9.78 Å². The zero-order valence-corrected chi connectivity index (χ0v) is 10.6. The fourth-order valence-electron chi connectivity index (χ4n) is 2.14. The van der Waals surface area contributed by atoms with Gasteiger partial charge in [0.25, 0.3) is 5.91 Å². The molecule has 0 aliphatic carbocycles. The molecule has 1 aliphatic heterocycles. The molecular weight excluding hydrogens is 230 g/mol. The van der Waals surface area contributed by atoms with E-state index >= 15 is 0 Å². The fourth-order valence-corrected chi connectivity index (χ4v) is 2.14. The first-order valence-electron chi connectivity index (χ1n) is 6.18. The molecule has 3 N–H and O–H groups in total. The number of carbonyl (C=O) groups is 1. The van der Waals surface area contributed by atoms with Crippen molar-refractivity contribution in [3.05, 3.63) is 29.6 Å². The van der Waals surface area contributed by atoms with Gasteiger partial charge in [0.15, 0.2) is 0 Å². The second-order valence-corrected chi connectivity index (χ2v) is 4.74. The van der Waals surface area contributed by atoms with E-state index in [2.05, 4.69) is 10.3 Å². The first-order chi connectivity index (χ1) is 8.65. The van der Waals surface area contributed by atoms with Crippen LogP contribution < -0.4 is 11.1 Å². The first-order valence-corrected chi connectivity index (χ1v) is 6.18. The van der Waals surface area contributed by atoms with Crippen LogP contribution in [-0.2, 0) is 4.74 Å². The van der Waals surface area contributed by atoms with Crippen LogP contribution in [0.1, 0.15) is 28.9 Å². The predicted molar refractivity (Wildman–Crippen MR) is 68.3 cm³/mol. The summed E-state index contributed by atoms with van der Waals surface area (Å²) in [4.78, 5) is 16.3. The van der Waals surface area contributed by atoms with Crippen molar-refractivity contribution in [3.8, 4) is 0 Å². The lowest BCUT2D eigenvalue weighted by molar-refractivity contribution is 0.0388. The molecule has 98 valence electrons. The van der Waals surface area contributed by atoms with Crippen molar-refractivity contribution in [1.29, 1.82) is 0 Å². The van der Waals surface area contributed by atoms with Crippen molar-refractivity contribution < 1.29 is 9.53 Å². The van der Waals surface area contributed by atoms with Crippen molar-refractivity contribution in [2.75, 3.05) is 19.8 Å². The molecule has 1 aromatic rings. The van der Waals surface area contributed by atoms with Crippen LogP contribution in [0, 0.1) is 6.92 Å². The zero-order chi connectivity index (χ0) is 13.0. The Labute approximate surface area is 107 Å². The molecule has 1 amide bonds. The third-order valence-corrected chi connectivity index (χ3v) is 3.38. The standard InChI is InChI=1S/C13H19N3O2/c1-10-8-11(2-5-15-10)12(17)16-13(9-14)3-6-18-7-4-13/h2,5,8H,3-4,6-7,9,14H2,1H3,(H,16,17). The molecule has 1 fully saturated rings. The highest BCUT2D eigenvalue weighted by atomic mass is 16.5. The lowest BCUT2D eigenvalue weighted by Gasteiger charge is -2.36. The molecule has 18 heavy (non-hydrogen) atoms. The number of rotatable bonds is 3. The van der Waals surface area contributed by atoms with Crippen molar-refractivity contribution in [2.45, 2.75) is 25.3 Å². The van der Waals surface area contributed by atoms with E-state index in [4.69, 9.17) is 10.5 Å². The van der Waals surface area contributed by atoms with Crippen LogP contribution in [0.5, 0.6) is 0 Å². The summed E-state index contributed by atoms with van der Waals surface area (Å²) in [6, 6.07) is 3.49. The van der Waals surface area contributed by atoms with E-state index in [1.807, 2.05) is 6.92 Å². The quantitative estimate of drug-likeness (QED) is 0.823. The fraction of sp³-hybridized carbons (Fsp3) is 0.538. The maximum Gasteiger partial charge on any atom is 0.251 e. The Morgan fingerprint density at radius 3 is 2.89 bits per heavy atom. The molecule has 2 rings (SSSR count). The summed E-state index contributed by atoms with van der Waals surface area (Å²) in [5.74, 6) is -0.0900. The molecule has 0 bridgehead atoms. The second kappa shape index (κ2) is 5.46. The maximum atomic E-state index is 12.2. The topological polar surface area (TPSA) is 77.2 Å². The van der Waals surface area contributed by atoms with E-state index in [0.717, 1.165) is 18.5 Å². The summed E-state index contributed by atoms with van der Waals surface area (Å²) in [5, 5.41) is 3.05. The van der Waals surface area contributed by atoms with Gasteiger partial charge in [-0.25, -0.2) is 0 Å². The molecule has 0 unspecified atom stereocenters. The lowest BCUT2D eigenvalue weighted by Crippen LogP contribution is -2.56. The van der Waals surface area contributed by atoms with Gasteiger partial charge >= 0.3 is 0 Å². The minimum Gasteiger partial charge on any atom is -0.381 e. The Bertz CT molecular complexity index is 428. The average molecular weight is 249 g/mol. The van der Waals surface area contributed by atoms with E-state index in [0.29, 0.717) is 25.3 Å². The summed E-state index contributed by atoms with van der Waals surface area (Å²) in [6.45, 7) is 3.59. The van der Waals surface area contributed by atoms with Crippen LogP contribution in [0.4, 0.5) is 0 Å². The van der Waals surface area contributed by atoms with Crippen LogP contribution in [0.25, 0.3) is 0 Å². The molecule has 0 radical (unpaired) electrons. The normalized spacial score (nSPS) is 18.3. The molecule has 0 aromatic carbocycles. The molecule has 5 nitrogen and oxygen atoms in total. The van der Waals surface area contributed by atoms with Crippen molar-refractivity contribution in [3.63, 3.8) is 0 Å². The van der Waals surface area contributed by atoms with Gasteiger partial charge in [0, 0.05) is 37.2 Å². The van der Waals surface area contributed by atoms with Crippen LogP contribution in [0.15, 0.2) is 18.3 Å². The first kappa shape index (κ1) is 13.0. The van der Waals surface area contributed by atoms with E-state index in [-0.39, 0.29) is 11.4 Å². The SMILES string of the molecule is Cc1cc(C(=O)NC2(CN)CCOCC2)ccn1. The number of pyridine rings is 1. The van der Waals surface area contributed by atoms with E-state index < -0.39 is 0 Å². The summed E-state index contributed by atoms with van der Waals surface area (Å²) >= 11 is 0. The molecule has 1 saturated heterocycles. The summed E-state index contributed by atoms with van der Waals surface area (Å²) in [7, 11) is 0. The number of hydrogen-bond acceptors (Lipinski definition) is 4. The van der Waals surface area contributed by atoms with Crippen molar-refractivity contribution >= 4 is 5.91 Å². The molecule has 0 spiro atoms. The van der Waals surface area contributed by atoms with E-state index in [1.165, 1.54) is 0 Å². The third kappa shape index (κ3) is 2.86. The largest absolute Gasteiger partial charge is 0.381 e. The Morgan fingerprint density at radius 2 is 2.28 bits per heavy atom. The zero-order valence-electron chi connectivity index (χ0n) is 10.6. The maximum absolute atomic E-state index is 12.2. The van der Waals surface area contributed by atoms with Gasteiger partial charge in [0.1, 0.15) is 0 Å². The molecular formula is C13H19N3O2. The van der Waals surface area contributed by atoms with E-state index in [1.54, 1.807) is 18.3 Å². The summed E-state index contributed by atoms with van der Waals surface area (Å²) in [5.41, 5.74) is 6.94. The number of aromatic nitrogens is 1. The van der Waals surface area contributed by atoms with Crippen molar-refractivity contribution in [1.82, 2.24) is 10.3 Å². The highest BCUT2D eigenvalue weighted by Crippen LogP contribution is 2.20. The Morgan fingerprint density at radius 1 is 1.56 bits per heavy atom. The van der Waals surface area contributed by atoms with Gasteiger partial charge in [0.2, 0.25) is 0 Å². The molecule has 0 atom stereocenters. The minimum absolute atomic E-state index is 0.0900. The minimum atomic E-state index is -0.327. The smallest absolute Gasteiger partial charge is 0.251 e. The van der Waals surface area contributed by atoms with Crippen LogP contribution in [-0.4, -0.2) is 36.2 Å². The van der Waals surface area contributed by atoms with Gasteiger partial charge in [-0.15, -0.1) is 0 Å². The van der Waals surface area contributed by atoms with Crippen LogP contribution >= 0.6 is 0 Å². The highest BCUT2D eigenvalue weighted by molar-refractivity contribution is 5.94. The predicted octanol–water partition coefficient (Wildman–Crippen LogP) is 0.628. The summed E-state index contributed by atoms with van der Waals surface area (Å²) in [6.07, 6.45) is 3.17. The Kier molecular flexibility index (Phi) is 3.93. The number of amides is 1. The second-order valence-electron chi connectivity index (χ2n) is 4.74. The molecule has 1 aromatic heterocycles. The van der Waals surface area contributed by atoms with Crippen LogP contribution in [0.2, 0.25) is 0 Å². The highest BCUT2D eigenvalue weighted by Gasteiger charge is 2.32. The van der Waals surface area contributed by atoms with Gasteiger partial charge in [0.05, 0.1) is 5.54 Å². The number of nitrogens with two attached hydrogens (primary N) is 1. The monoisotopic (exact) mass is 249 g/mol. The van der Waals surface area contributed by atoms with Gasteiger partial charge < -0.3 is 15.8 Å². The number of hydrogen-bond donors (Lipinski definition) is 2. The lowest BCUT2D eigenvalue weighted by atomic mass is 9.90. The molecule has 2 heterocycles. The Hall–Kier alpha value is -1.46. The number of nitrogens with one attached hydrogen (secondary N) is 1. The van der Waals surface area contributed by atoms with Crippen LogP contribution in [0.3, 0.4) is 0 Å². The van der Waals surface area contributed by atoms with Crippen molar-refractivity contribution in [2.24, 2.45) is 5.73 Å². The Balaban J connectivity index is 2.10. The number of carbonyl (C=O) groups excluding carboxylic acids is 1. The number of ether oxygens (including phenoxy) is 1. The molecule has 0 saturated carbocycles. The summed E-state index contributed by atoms with van der Waals surface area (Å²) < 4.78 is 5.32. The van der Waals surface area contributed by atoms with Gasteiger partial charge in [-0.2, -0.15) is 0 Å².